The molecule has 2 aliphatic carbocycles. The molecule has 0 aromatic heterocycles. The molecule has 9 heteroatoms. The minimum atomic E-state index is -0.974. The number of hydrogen-bond acceptors (Lipinski definition) is 4. The van der Waals surface area contributed by atoms with Gasteiger partial charge in [-0.1, -0.05) is 90.9 Å². The van der Waals surface area contributed by atoms with E-state index in [1.54, 1.807) is 0 Å². The number of benzene rings is 2. The Morgan fingerprint density at radius 1 is 0.569 bits per heavy atom. The van der Waals surface area contributed by atoms with Gasteiger partial charge in [-0.15, -0.1) is 49.2 Å². The predicted octanol–water partition coefficient (Wildman–Crippen LogP) is 12.2. The van der Waals surface area contributed by atoms with E-state index in [9.17, 15) is 27.2 Å². The van der Waals surface area contributed by atoms with Crippen molar-refractivity contribution in [2.24, 2.45) is 0 Å². The molecule has 2 aliphatic rings. The second-order valence-corrected chi connectivity index (χ2v) is 11.7. The van der Waals surface area contributed by atoms with Gasteiger partial charge in [0.25, 0.3) is 11.9 Å². The van der Waals surface area contributed by atoms with Crippen LogP contribution in [0.4, 0.5) is 17.6 Å². The number of ether oxygens (including phenoxy) is 2. The molecular weight excluding hydrogens is 692 g/mol. The van der Waals surface area contributed by atoms with Gasteiger partial charge >= 0.3 is 21.7 Å². The Hall–Kier alpha value is -3.23. The van der Waals surface area contributed by atoms with Gasteiger partial charge in [-0.2, -0.15) is 12.2 Å². The molecular formula is C42H52F4O4Ti. The third-order valence-electron chi connectivity index (χ3n) is 7.24. The van der Waals surface area contributed by atoms with Crippen LogP contribution in [0.3, 0.4) is 0 Å². The second kappa shape index (κ2) is 32.7. The van der Waals surface area contributed by atoms with E-state index in [-0.39, 0.29) is 46.1 Å². The summed E-state index contributed by atoms with van der Waals surface area (Å²) in [6.45, 7) is 4.34. The number of hydrogen-bond donors (Lipinski definition) is 0. The molecule has 2 aromatic carbocycles. The number of allylic oxidation sites excluding steroid dienone is 8. The van der Waals surface area contributed by atoms with Crippen molar-refractivity contribution in [3.05, 3.63) is 108 Å². The molecule has 0 saturated heterocycles. The van der Waals surface area contributed by atoms with Crippen LogP contribution in [0.2, 0.25) is 0 Å². The van der Waals surface area contributed by atoms with Gasteiger partial charge in [-0.3, -0.25) is 21.7 Å². The van der Waals surface area contributed by atoms with E-state index in [0.29, 0.717) is 0 Å². The van der Waals surface area contributed by atoms with E-state index in [1.807, 2.05) is 36.4 Å². The van der Waals surface area contributed by atoms with Gasteiger partial charge in [0.05, 0.1) is 23.1 Å². The number of unbranched alkanes of at least 4 members (excludes halogenated alkanes) is 12. The zero-order chi connectivity index (χ0) is 36.7. The summed E-state index contributed by atoms with van der Waals surface area (Å²) in [5.41, 5.74) is 0. The molecule has 0 spiro atoms. The van der Waals surface area contributed by atoms with Gasteiger partial charge in [0.1, 0.15) is 0 Å². The van der Waals surface area contributed by atoms with Crippen LogP contribution in [0.5, 0.6) is 11.5 Å². The van der Waals surface area contributed by atoms with Gasteiger partial charge in [0, 0.05) is 24.5 Å². The van der Waals surface area contributed by atoms with E-state index in [4.69, 9.17) is 9.47 Å². The van der Waals surface area contributed by atoms with Gasteiger partial charge in [-0.25, -0.2) is 41.9 Å². The first kappa shape index (κ1) is 47.8. The Kier molecular flexibility index (Phi) is 30.6. The average molecular weight is 745 g/mol. The van der Waals surface area contributed by atoms with Crippen LogP contribution in [-0.2, 0) is 31.3 Å². The average Bonchev–Trinajstić information content (AvgIpc) is 3.88. The normalized spacial score (nSPS) is 11.7. The molecule has 276 valence electrons. The Morgan fingerprint density at radius 3 is 1.20 bits per heavy atom. The maximum absolute atomic E-state index is 13.2. The summed E-state index contributed by atoms with van der Waals surface area (Å²) < 4.78 is 61.3. The van der Waals surface area contributed by atoms with Crippen LogP contribution < -0.4 is 9.47 Å². The summed E-state index contributed by atoms with van der Waals surface area (Å²) in [5, 5.41) is 0. The zero-order valence-corrected chi connectivity index (χ0v) is 31.7. The number of carbonyl (C=O) groups excluding carboxylic acids is 2. The Balaban J connectivity index is 0.000000754. The molecule has 0 radical (unpaired) electrons. The van der Waals surface area contributed by atoms with Crippen LogP contribution in [0.25, 0.3) is 0 Å². The van der Waals surface area contributed by atoms with Crippen molar-refractivity contribution in [2.75, 3.05) is 0 Å². The van der Waals surface area contributed by atoms with Crippen molar-refractivity contribution < 1.29 is 58.3 Å². The minimum Gasteiger partial charge on any atom is -0.488 e. The summed E-state index contributed by atoms with van der Waals surface area (Å²) in [7, 11) is 0. The SMILES string of the molecule is CCCCCCCCCC(=O)Oc1ccc(F)[c-]c1F.CCCCCCCCCC(=O)Oc1ccc(F)[c-]c1F.[C-]1=CC=CC1.[C-]1=CC=CC1.[Ti+4]. The predicted molar refractivity (Wildman–Crippen MR) is 190 cm³/mol. The molecule has 2 aromatic rings. The minimum absolute atomic E-state index is 0. The monoisotopic (exact) mass is 744 g/mol. The second-order valence-electron chi connectivity index (χ2n) is 11.7. The largest absolute Gasteiger partial charge is 4.00 e. The Morgan fingerprint density at radius 2 is 0.922 bits per heavy atom. The maximum atomic E-state index is 13.2. The Bertz CT molecular complexity index is 1220. The van der Waals surface area contributed by atoms with Crippen LogP contribution in [0, 0.1) is 47.6 Å². The number of carbonyl (C=O) groups is 2. The summed E-state index contributed by atoms with van der Waals surface area (Å²) in [5.74, 6) is -5.08. The molecule has 0 fully saturated rings. The summed E-state index contributed by atoms with van der Waals surface area (Å²) in [6, 6.07) is 7.89. The molecule has 0 aliphatic heterocycles. The van der Waals surface area contributed by atoms with Crippen molar-refractivity contribution in [3.8, 4) is 11.5 Å². The standard InChI is InChI=1S/2C16H21F2O2.2C5H5.Ti/c2*1-2-3-4-5-6-7-8-9-16(19)20-15-11-10-13(17)12-14(15)18;2*1-2-4-5-3-1;/h2*10-11H,2-9H2,1H3;2*1-3H,4H2;/q4*-1;+4. The maximum Gasteiger partial charge on any atom is 4.00 e. The van der Waals surface area contributed by atoms with Gasteiger partial charge < -0.3 is 9.47 Å². The third-order valence-corrected chi connectivity index (χ3v) is 7.24. The van der Waals surface area contributed by atoms with Crippen molar-refractivity contribution in [1.82, 2.24) is 0 Å². The summed E-state index contributed by atoms with van der Waals surface area (Å²) >= 11 is 0. The fourth-order valence-electron chi connectivity index (χ4n) is 4.50. The molecule has 0 bridgehead atoms. The molecule has 0 unspecified atom stereocenters. The molecule has 0 saturated carbocycles. The van der Waals surface area contributed by atoms with E-state index in [2.05, 4.69) is 38.2 Å². The van der Waals surface area contributed by atoms with E-state index in [0.717, 1.165) is 75.6 Å². The van der Waals surface area contributed by atoms with E-state index < -0.39 is 35.2 Å². The van der Waals surface area contributed by atoms with Crippen molar-refractivity contribution in [2.45, 2.75) is 129 Å². The van der Waals surface area contributed by atoms with Gasteiger partial charge in [0.2, 0.25) is 0 Å². The van der Waals surface area contributed by atoms with Crippen molar-refractivity contribution >= 4 is 11.9 Å². The molecule has 0 heterocycles. The van der Waals surface area contributed by atoms with Crippen LogP contribution in [0.15, 0.2) is 60.7 Å². The van der Waals surface area contributed by atoms with Crippen LogP contribution >= 0.6 is 0 Å². The first-order valence-electron chi connectivity index (χ1n) is 17.9. The van der Waals surface area contributed by atoms with E-state index in [1.165, 1.54) is 51.4 Å². The number of rotatable bonds is 18. The van der Waals surface area contributed by atoms with Crippen molar-refractivity contribution in [3.63, 3.8) is 0 Å². The third kappa shape index (κ3) is 27.1. The van der Waals surface area contributed by atoms with Gasteiger partial charge in [-0.05, 0) is 12.8 Å². The first-order chi connectivity index (χ1) is 24.3. The fourth-order valence-corrected chi connectivity index (χ4v) is 4.50. The van der Waals surface area contributed by atoms with E-state index >= 15 is 0 Å². The zero-order valence-electron chi connectivity index (χ0n) is 30.1. The first-order valence-corrected chi connectivity index (χ1v) is 17.9. The quantitative estimate of drug-likeness (QED) is 0.0381. The fraction of sp³-hybridized carbons (Fsp3) is 0.476. The molecule has 4 rings (SSSR count). The van der Waals surface area contributed by atoms with Gasteiger partial charge in [0.15, 0.2) is 0 Å². The van der Waals surface area contributed by atoms with Crippen molar-refractivity contribution in [1.29, 1.82) is 0 Å². The summed E-state index contributed by atoms with van der Waals surface area (Å²) in [4.78, 5) is 23.0. The molecule has 51 heavy (non-hydrogen) atoms. The molecule has 0 amide bonds. The number of halogens is 4. The smallest absolute Gasteiger partial charge is 0.488 e. The van der Waals surface area contributed by atoms with Crippen LogP contribution in [-0.4, -0.2) is 11.9 Å². The topological polar surface area (TPSA) is 52.6 Å². The Labute approximate surface area is 318 Å². The molecule has 0 atom stereocenters. The molecule has 4 nitrogen and oxygen atoms in total. The van der Waals surface area contributed by atoms with Crippen LogP contribution in [0.1, 0.15) is 129 Å². The number of esters is 2. The summed E-state index contributed by atoms with van der Waals surface area (Å²) in [6.07, 6.45) is 35.9. The molecule has 0 N–H and O–H groups in total.